The van der Waals surface area contributed by atoms with Crippen LogP contribution in [0.25, 0.3) is 0 Å². The van der Waals surface area contributed by atoms with E-state index in [2.05, 4.69) is 20.5 Å². The third-order valence-electron chi connectivity index (χ3n) is 3.73. The maximum atomic E-state index is 12.2. The standard InChI is InChI=1S/C18H17N5O3/c1-26-14-8-2-11(3-9-14)10-15-17(25)21-18(23-22-15)20-13-6-4-12(5-7-13)16(19)24/h2-9H,10H2,1H3,(H2,19,24)(H2,20,21,23,25). The van der Waals surface area contributed by atoms with Gasteiger partial charge in [-0.05, 0) is 42.0 Å². The number of aromatic amines is 1. The van der Waals surface area contributed by atoms with Crippen molar-refractivity contribution in [2.24, 2.45) is 5.73 Å². The molecule has 1 aromatic heterocycles. The van der Waals surface area contributed by atoms with Crippen LogP contribution in [-0.4, -0.2) is 28.2 Å². The Morgan fingerprint density at radius 3 is 2.38 bits per heavy atom. The first kappa shape index (κ1) is 17.2. The molecule has 3 rings (SSSR count). The van der Waals surface area contributed by atoms with E-state index in [0.717, 1.165) is 11.3 Å². The van der Waals surface area contributed by atoms with Crippen LogP contribution in [0.5, 0.6) is 5.75 Å². The molecular weight excluding hydrogens is 334 g/mol. The first-order valence-electron chi connectivity index (χ1n) is 7.81. The number of hydrogen-bond acceptors (Lipinski definition) is 6. The number of rotatable bonds is 6. The second-order valence-electron chi connectivity index (χ2n) is 5.54. The zero-order valence-electron chi connectivity index (χ0n) is 14.0. The van der Waals surface area contributed by atoms with Crippen LogP contribution in [-0.2, 0) is 6.42 Å². The molecule has 0 bridgehead atoms. The summed E-state index contributed by atoms with van der Waals surface area (Å²) in [6.07, 6.45) is 0.361. The molecule has 1 heterocycles. The summed E-state index contributed by atoms with van der Waals surface area (Å²) in [5, 5.41) is 10.9. The quantitative estimate of drug-likeness (QED) is 0.620. The van der Waals surface area contributed by atoms with Gasteiger partial charge in [-0.2, -0.15) is 0 Å². The molecule has 0 atom stereocenters. The fourth-order valence-corrected chi connectivity index (χ4v) is 2.32. The number of methoxy groups -OCH3 is 1. The van der Waals surface area contributed by atoms with Crippen LogP contribution in [0.1, 0.15) is 21.6 Å². The molecule has 0 saturated heterocycles. The predicted molar refractivity (Wildman–Crippen MR) is 96.7 cm³/mol. The highest BCUT2D eigenvalue weighted by Gasteiger charge is 2.07. The van der Waals surface area contributed by atoms with Gasteiger partial charge >= 0.3 is 0 Å². The normalized spacial score (nSPS) is 10.3. The number of benzene rings is 2. The Bertz CT molecular complexity index is 965. The van der Waals surface area contributed by atoms with E-state index in [0.29, 0.717) is 23.4 Å². The number of amides is 1. The fourth-order valence-electron chi connectivity index (χ4n) is 2.32. The summed E-state index contributed by atoms with van der Waals surface area (Å²) < 4.78 is 5.11. The van der Waals surface area contributed by atoms with E-state index >= 15 is 0 Å². The highest BCUT2D eigenvalue weighted by Crippen LogP contribution is 2.14. The number of anilines is 2. The lowest BCUT2D eigenvalue weighted by Gasteiger charge is -2.06. The number of nitrogens with zero attached hydrogens (tertiary/aromatic N) is 2. The Morgan fingerprint density at radius 1 is 1.12 bits per heavy atom. The molecule has 0 aliphatic rings. The Kier molecular flexibility index (Phi) is 4.93. The Hall–Kier alpha value is -3.68. The smallest absolute Gasteiger partial charge is 0.274 e. The van der Waals surface area contributed by atoms with Gasteiger partial charge in [0.1, 0.15) is 11.4 Å². The van der Waals surface area contributed by atoms with E-state index < -0.39 is 5.91 Å². The van der Waals surface area contributed by atoms with Crippen LogP contribution < -0.4 is 21.3 Å². The van der Waals surface area contributed by atoms with Crippen molar-refractivity contribution in [1.82, 2.24) is 15.2 Å². The van der Waals surface area contributed by atoms with E-state index in [1.807, 2.05) is 24.3 Å². The zero-order valence-corrected chi connectivity index (χ0v) is 14.0. The molecule has 132 valence electrons. The minimum Gasteiger partial charge on any atom is -0.497 e. The van der Waals surface area contributed by atoms with E-state index in [4.69, 9.17) is 10.5 Å². The van der Waals surface area contributed by atoms with Crippen molar-refractivity contribution in [3.05, 3.63) is 75.7 Å². The number of ether oxygens (including phenoxy) is 1. The molecule has 0 fully saturated rings. The number of H-pyrrole nitrogens is 1. The predicted octanol–water partition coefficient (Wildman–Crippen LogP) is 1.61. The average Bonchev–Trinajstić information content (AvgIpc) is 2.65. The number of primary amides is 1. The van der Waals surface area contributed by atoms with Crippen molar-refractivity contribution in [2.75, 3.05) is 12.4 Å². The van der Waals surface area contributed by atoms with Crippen molar-refractivity contribution < 1.29 is 9.53 Å². The maximum absolute atomic E-state index is 12.2. The van der Waals surface area contributed by atoms with Crippen molar-refractivity contribution in [3.63, 3.8) is 0 Å². The molecule has 0 radical (unpaired) electrons. The second kappa shape index (κ2) is 7.47. The number of aromatic nitrogens is 3. The highest BCUT2D eigenvalue weighted by atomic mass is 16.5. The third-order valence-corrected chi connectivity index (χ3v) is 3.73. The van der Waals surface area contributed by atoms with Gasteiger partial charge in [-0.25, -0.2) is 0 Å². The van der Waals surface area contributed by atoms with Gasteiger partial charge in [0, 0.05) is 17.7 Å². The Labute approximate surface area is 149 Å². The minimum absolute atomic E-state index is 0.209. The van der Waals surface area contributed by atoms with Gasteiger partial charge in [-0.15, -0.1) is 10.2 Å². The topological polar surface area (TPSA) is 123 Å². The van der Waals surface area contributed by atoms with Gasteiger partial charge < -0.3 is 15.8 Å². The Balaban J connectivity index is 1.72. The maximum Gasteiger partial charge on any atom is 0.274 e. The van der Waals surface area contributed by atoms with Gasteiger partial charge in [-0.3, -0.25) is 14.6 Å². The fraction of sp³-hybridized carbons (Fsp3) is 0.111. The lowest BCUT2D eigenvalue weighted by molar-refractivity contribution is 0.100. The number of carbonyl (C=O) groups excluding carboxylic acids is 1. The van der Waals surface area contributed by atoms with Crippen LogP contribution >= 0.6 is 0 Å². The summed E-state index contributed by atoms with van der Waals surface area (Å²) in [4.78, 5) is 25.9. The molecular formula is C18H17N5O3. The summed E-state index contributed by atoms with van der Waals surface area (Å²) in [6, 6.07) is 13.9. The molecule has 0 aliphatic carbocycles. The number of nitrogens with two attached hydrogens (primary N) is 1. The largest absolute Gasteiger partial charge is 0.497 e. The molecule has 0 saturated carbocycles. The lowest BCUT2D eigenvalue weighted by atomic mass is 10.1. The molecule has 8 heteroatoms. The van der Waals surface area contributed by atoms with E-state index in [-0.39, 0.29) is 11.5 Å². The molecule has 2 aromatic carbocycles. The summed E-state index contributed by atoms with van der Waals surface area (Å²) >= 11 is 0. The van der Waals surface area contributed by atoms with Crippen molar-refractivity contribution in [1.29, 1.82) is 0 Å². The Morgan fingerprint density at radius 2 is 1.81 bits per heavy atom. The molecule has 26 heavy (non-hydrogen) atoms. The number of nitrogens with one attached hydrogen (secondary N) is 2. The average molecular weight is 351 g/mol. The van der Waals surface area contributed by atoms with Crippen molar-refractivity contribution in [3.8, 4) is 5.75 Å². The zero-order chi connectivity index (χ0) is 18.5. The van der Waals surface area contributed by atoms with E-state index in [1.165, 1.54) is 0 Å². The van der Waals surface area contributed by atoms with Crippen LogP contribution in [0.2, 0.25) is 0 Å². The lowest BCUT2D eigenvalue weighted by Crippen LogP contribution is -2.19. The summed E-state index contributed by atoms with van der Waals surface area (Å²) in [5.74, 6) is 0.448. The molecule has 3 aromatic rings. The molecule has 0 spiro atoms. The monoisotopic (exact) mass is 351 g/mol. The van der Waals surface area contributed by atoms with E-state index in [1.54, 1.807) is 31.4 Å². The van der Waals surface area contributed by atoms with Crippen LogP contribution in [0, 0.1) is 0 Å². The van der Waals surface area contributed by atoms with Crippen LogP contribution in [0.3, 0.4) is 0 Å². The first-order valence-corrected chi connectivity index (χ1v) is 7.81. The number of hydrogen-bond donors (Lipinski definition) is 3. The second-order valence-corrected chi connectivity index (χ2v) is 5.54. The highest BCUT2D eigenvalue weighted by molar-refractivity contribution is 5.93. The minimum atomic E-state index is -0.507. The third kappa shape index (κ3) is 4.04. The van der Waals surface area contributed by atoms with Gasteiger partial charge in [0.15, 0.2) is 0 Å². The van der Waals surface area contributed by atoms with Crippen LogP contribution in [0.15, 0.2) is 53.3 Å². The number of carbonyl (C=O) groups is 1. The molecule has 1 amide bonds. The molecule has 0 aliphatic heterocycles. The first-order chi connectivity index (χ1) is 12.5. The summed E-state index contributed by atoms with van der Waals surface area (Å²) in [7, 11) is 1.60. The summed E-state index contributed by atoms with van der Waals surface area (Å²) in [5.41, 5.74) is 7.14. The SMILES string of the molecule is COc1ccc(Cc2nnc(Nc3ccc(C(N)=O)cc3)[nH]c2=O)cc1. The van der Waals surface area contributed by atoms with Gasteiger partial charge in [0.05, 0.1) is 7.11 Å². The molecule has 4 N–H and O–H groups in total. The molecule has 8 nitrogen and oxygen atoms in total. The van der Waals surface area contributed by atoms with Gasteiger partial charge in [0.2, 0.25) is 11.9 Å². The van der Waals surface area contributed by atoms with Crippen molar-refractivity contribution >= 4 is 17.5 Å². The van der Waals surface area contributed by atoms with Crippen LogP contribution in [0.4, 0.5) is 11.6 Å². The van der Waals surface area contributed by atoms with Crippen molar-refractivity contribution in [2.45, 2.75) is 6.42 Å². The molecule has 0 unspecified atom stereocenters. The van der Waals surface area contributed by atoms with E-state index in [9.17, 15) is 9.59 Å². The van der Waals surface area contributed by atoms with Gasteiger partial charge in [-0.1, -0.05) is 12.1 Å². The summed E-state index contributed by atoms with van der Waals surface area (Å²) in [6.45, 7) is 0. The van der Waals surface area contributed by atoms with Gasteiger partial charge in [0.25, 0.3) is 5.56 Å².